The molecule has 1 aromatic carbocycles. The number of hydrogen-bond acceptors (Lipinski definition) is 6. The molecule has 3 aromatic rings. The van der Waals surface area contributed by atoms with Crippen LogP contribution < -0.4 is 5.32 Å². The summed E-state index contributed by atoms with van der Waals surface area (Å²) in [7, 11) is 3.19. The number of aryl methyl sites for hydroxylation is 1. The van der Waals surface area contributed by atoms with E-state index in [1.54, 1.807) is 16.8 Å². The molecule has 23 heavy (non-hydrogen) atoms. The third-order valence-corrected chi connectivity index (χ3v) is 3.97. The molecule has 0 unspecified atom stereocenters. The van der Waals surface area contributed by atoms with Gasteiger partial charge in [0.05, 0.1) is 18.1 Å². The molecule has 0 aliphatic carbocycles. The molecule has 3 rings (SSSR count). The molecule has 0 saturated carbocycles. The first-order chi connectivity index (χ1) is 11.1. The second-order valence-electron chi connectivity index (χ2n) is 4.88. The normalized spacial score (nSPS) is 10.7. The van der Waals surface area contributed by atoms with Gasteiger partial charge in [-0.05, 0) is 33.6 Å². The van der Waals surface area contributed by atoms with Crippen molar-refractivity contribution in [3.8, 4) is 0 Å². The Morgan fingerprint density at radius 1 is 1.30 bits per heavy atom. The third-order valence-electron chi connectivity index (χ3n) is 3.41. The molecule has 0 aliphatic heterocycles. The average molecular weight is 376 g/mol. The minimum absolute atomic E-state index is 0.346. The highest BCUT2D eigenvalue weighted by molar-refractivity contribution is 9.10. The number of anilines is 1. The van der Waals surface area contributed by atoms with Crippen LogP contribution >= 0.6 is 15.9 Å². The molecule has 0 fully saturated rings. The van der Waals surface area contributed by atoms with E-state index < -0.39 is 0 Å². The smallest absolute Gasteiger partial charge is 0.337 e. The molecule has 0 spiro atoms. The standard InChI is InChI=1S/C15H14BrN5O2/c1-21-14-11(12(16)20-21)13(18-8-19-14)17-7-9-3-5-10(6-4-9)15(22)23-2/h3-6,8H,7H2,1-2H3,(H,17,18,19). The van der Waals surface area contributed by atoms with Crippen molar-refractivity contribution in [1.29, 1.82) is 0 Å². The van der Waals surface area contributed by atoms with Crippen LogP contribution in [-0.2, 0) is 18.3 Å². The lowest BCUT2D eigenvalue weighted by molar-refractivity contribution is 0.0600. The van der Waals surface area contributed by atoms with Crippen molar-refractivity contribution in [2.75, 3.05) is 12.4 Å². The number of esters is 1. The van der Waals surface area contributed by atoms with E-state index in [2.05, 4.69) is 41.1 Å². The highest BCUT2D eigenvalue weighted by Crippen LogP contribution is 2.27. The van der Waals surface area contributed by atoms with E-state index in [-0.39, 0.29) is 5.97 Å². The summed E-state index contributed by atoms with van der Waals surface area (Å²) in [6.45, 7) is 0.564. The summed E-state index contributed by atoms with van der Waals surface area (Å²) in [5.74, 6) is 0.355. The number of carbonyl (C=O) groups excluding carboxylic acids is 1. The Bertz CT molecular complexity index is 860. The van der Waals surface area contributed by atoms with Crippen molar-refractivity contribution < 1.29 is 9.53 Å². The number of benzene rings is 1. The van der Waals surface area contributed by atoms with Crippen LogP contribution in [0.5, 0.6) is 0 Å². The molecule has 118 valence electrons. The minimum atomic E-state index is -0.346. The average Bonchev–Trinajstić information content (AvgIpc) is 2.88. The van der Waals surface area contributed by atoms with Gasteiger partial charge in [-0.15, -0.1) is 0 Å². The topological polar surface area (TPSA) is 81.9 Å². The fourth-order valence-electron chi connectivity index (χ4n) is 2.24. The van der Waals surface area contributed by atoms with Gasteiger partial charge in [-0.3, -0.25) is 0 Å². The van der Waals surface area contributed by atoms with Gasteiger partial charge in [0, 0.05) is 13.6 Å². The van der Waals surface area contributed by atoms with Gasteiger partial charge in [0.15, 0.2) is 5.65 Å². The van der Waals surface area contributed by atoms with Crippen molar-refractivity contribution in [3.05, 3.63) is 46.3 Å². The highest BCUT2D eigenvalue weighted by atomic mass is 79.9. The van der Waals surface area contributed by atoms with Crippen molar-refractivity contribution in [2.45, 2.75) is 6.54 Å². The monoisotopic (exact) mass is 375 g/mol. The van der Waals surface area contributed by atoms with E-state index in [4.69, 9.17) is 0 Å². The van der Waals surface area contributed by atoms with Crippen molar-refractivity contribution in [1.82, 2.24) is 19.7 Å². The van der Waals surface area contributed by atoms with Crippen LogP contribution in [0.3, 0.4) is 0 Å². The SMILES string of the molecule is COC(=O)c1ccc(CNc2ncnc3c2c(Br)nn3C)cc1. The van der Waals surface area contributed by atoms with Gasteiger partial charge in [-0.1, -0.05) is 12.1 Å². The number of ether oxygens (including phenoxy) is 1. The van der Waals surface area contributed by atoms with Crippen molar-refractivity contribution in [2.24, 2.45) is 7.05 Å². The van der Waals surface area contributed by atoms with E-state index in [0.29, 0.717) is 22.5 Å². The maximum atomic E-state index is 11.4. The summed E-state index contributed by atoms with van der Waals surface area (Å²) >= 11 is 3.42. The predicted molar refractivity (Wildman–Crippen MR) is 89.1 cm³/mol. The number of halogens is 1. The summed E-state index contributed by atoms with van der Waals surface area (Å²) in [6, 6.07) is 7.21. The summed E-state index contributed by atoms with van der Waals surface area (Å²) in [4.78, 5) is 19.9. The second-order valence-corrected chi connectivity index (χ2v) is 5.63. The Morgan fingerprint density at radius 2 is 2.04 bits per heavy atom. The van der Waals surface area contributed by atoms with Crippen LogP contribution in [-0.4, -0.2) is 32.8 Å². The van der Waals surface area contributed by atoms with E-state index in [1.165, 1.54) is 13.4 Å². The van der Waals surface area contributed by atoms with Crippen LogP contribution in [0.25, 0.3) is 11.0 Å². The maximum absolute atomic E-state index is 11.4. The second kappa shape index (κ2) is 6.33. The number of rotatable bonds is 4. The fourth-order valence-corrected chi connectivity index (χ4v) is 2.84. The Hall–Kier alpha value is -2.48. The first kappa shape index (κ1) is 15.4. The summed E-state index contributed by atoms with van der Waals surface area (Å²) < 4.78 is 7.07. The summed E-state index contributed by atoms with van der Waals surface area (Å²) in [5.41, 5.74) is 2.29. The molecule has 7 nitrogen and oxygen atoms in total. The molecular formula is C15H14BrN5O2. The molecule has 0 bridgehead atoms. The van der Waals surface area contributed by atoms with Gasteiger partial charge in [0.2, 0.25) is 0 Å². The molecule has 0 saturated heterocycles. The van der Waals surface area contributed by atoms with Gasteiger partial charge in [-0.2, -0.15) is 5.10 Å². The number of nitrogens with zero attached hydrogens (tertiary/aromatic N) is 4. The zero-order valence-corrected chi connectivity index (χ0v) is 14.2. The largest absolute Gasteiger partial charge is 0.465 e. The van der Waals surface area contributed by atoms with E-state index in [0.717, 1.165) is 16.6 Å². The van der Waals surface area contributed by atoms with E-state index in [9.17, 15) is 4.79 Å². The summed E-state index contributed by atoms with van der Waals surface area (Å²) in [5, 5.41) is 8.39. The number of fused-ring (bicyclic) bond motifs is 1. The van der Waals surface area contributed by atoms with Gasteiger partial charge < -0.3 is 10.1 Å². The molecule has 0 radical (unpaired) electrons. The number of nitrogens with one attached hydrogen (secondary N) is 1. The molecule has 1 N–H and O–H groups in total. The predicted octanol–water partition coefficient (Wildman–Crippen LogP) is 2.52. The maximum Gasteiger partial charge on any atom is 0.337 e. The van der Waals surface area contributed by atoms with Crippen LogP contribution in [0.1, 0.15) is 15.9 Å². The van der Waals surface area contributed by atoms with E-state index in [1.807, 2.05) is 19.2 Å². The van der Waals surface area contributed by atoms with Crippen LogP contribution in [0, 0.1) is 0 Å². The van der Waals surface area contributed by atoms with Crippen LogP contribution in [0.15, 0.2) is 35.2 Å². The van der Waals surface area contributed by atoms with E-state index >= 15 is 0 Å². The number of carbonyl (C=O) groups is 1. The zero-order chi connectivity index (χ0) is 16.4. The number of aromatic nitrogens is 4. The van der Waals surface area contributed by atoms with Gasteiger partial charge >= 0.3 is 5.97 Å². The van der Waals surface area contributed by atoms with Gasteiger partial charge in [-0.25, -0.2) is 19.4 Å². The Kier molecular flexibility index (Phi) is 4.24. The summed E-state index contributed by atoms with van der Waals surface area (Å²) in [6.07, 6.45) is 1.50. The number of hydrogen-bond donors (Lipinski definition) is 1. The first-order valence-electron chi connectivity index (χ1n) is 6.84. The van der Waals surface area contributed by atoms with Gasteiger partial charge in [0.1, 0.15) is 16.7 Å². The molecule has 8 heteroatoms. The zero-order valence-electron chi connectivity index (χ0n) is 12.6. The highest BCUT2D eigenvalue weighted by Gasteiger charge is 2.13. The minimum Gasteiger partial charge on any atom is -0.465 e. The fraction of sp³-hybridized carbons (Fsp3) is 0.200. The van der Waals surface area contributed by atoms with Crippen molar-refractivity contribution >= 4 is 38.8 Å². The molecular weight excluding hydrogens is 362 g/mol. The molecule has 2 heterocycles. The molecule has 2 aromatic heterocycles. The molecule has 0 atom stereocenters. The Labute approximate surface area is 140 Å². The van der Waals surface area contributed by atoms with Gasteiger partial charge in [0.25, 0.3) is 0 Å². The van der Waals surface area contributed by atoms with Crippen molar-refractivity contribution in [3.63, 3.8) is 0 Å². The Balaban J connectivity index is 1.80. The molecule has 0 amide bonds. The third kappa shape index (κ3) is 3.02. The quantitative estimate of drug-likeness (QED) is 0.705. The first-order valence-corrected chi connectivity index (χ1v) is 7.63. The van der Waals surface area contributed by atoms with Crippen LogP contribution in [0.4, 0.5) is 5.82 Å². The lowest BCUT2D eigenvalue weighted by atomic mass is 10.1. The lowest BCUT2D eigenvalue weighted by Gasteiger charge is -2.07. The van der Waals surface area contributed by atoms with Crippen LogP contribution in [0.2, 0.25) is 0 Å². The molecule has 0 aliphatic rings. The lowest BCUT2D eigenvalue weighted by Crippen LogP contribution is -2.04. The Morgan fingerprint density at radius 3 is 2.74 bits per heavy atom. The number of methoxy groups -OCH3 is 1.